The molecule has 2 amide bonds. The van der Waals surface area contributed by atoms with Crippen molar-refractivity contribution in [1.82, 2.24) is 15.6 Å². The molecule has 0 bridgehead atoms. The van der Waals surface area contributed by atoms with Crippen LogP contribution in [-0.4, -0.2) is 39.7 Å². The lowest BCUT2D eigenvalue weighted by atomic mass is 9.94. The number of aromatic amines is 1. The van der Waals surface area contributed by atoms with Crippen LogP contribution in [0.15, 0.2) is 47.4 Å². The number of carboxylic acid groups (broad SMARTS) is 1. The topological polar surface area (TPSA) is 138 Å². The van der Waals surface area contributed by atoms with Crippen LogP contribution in [0, 0.1) is 11.7 Å². The fourth-order valence-electron chi connectivity index (χ4n) is 4.38. The quantitative estimate of drug-likeness (QED) is 0.216. The highest BCUT2D eigenvalue weighted by molar-refractivity contribution is 6.30. The molecule has 2 atom stereocenters. The van der Waals surface area contributed by atoms with Crippen molar-refractivity contribution in [3.8, 4) is 0 Å². The van der Waals surface area contributed by atoms with Crippen LogP contribution in [0.3, 0.4) is 0 Å². The Labute approximate surface area is 242 Å². The first kappa shape index (κ1) is 31.6. The van der Waals surface area contributed by atoms with Crippen LogP contribution >= 0.6 is 11.6 Å². The molecule has 0 spiro atoms. The Morgan fingerprint density at radius 1 is 1.10 bits per heavy atom. The minimum absolute atomic E-state index is 0.0131. The number of ether oxygens (including phenoxy) is 1. The number of hydrogen-bond donors (Lipinski definition) is 4. The van der Waals surface area contributed by atoms with Gasteiger partial charge in [-0.3, -0.25) is 9.59 Å². The summed E-state index contributed by atoms with van der Waals surface area (Å²) >= 11 is 5.88. The molecule has 220 valence electrons. The van der Waals surface area contributed by atoms with Gasteiger partial charge in [0.15, 0.2) is 0 Å². The molecule has 2 aromatic carbocycles. The molecule has 3 aromatic rings. The van der Waals surface area contributed by atoms with Gasteiger partial charge in [-0.15, -0.1) is 0 Å². The van der Waals surface area contributed by atoms with Crippen LogP contribution in [0.1, 0.15) is 68.4 Å². The summed E-state index contributed by atoms with van der Waals surface area (Å²) in [5.74, 6) is -2.74. The minimum Gasteiger partial charge on any atom is -0.480 e. The molecule has 0 saturated carbocycles. The normalized spacial score (nSPS) is 12.9. The number of carbonyl (C=O) groups is 3. The van der Waals surface area contributed by atoms with Gasteiger partial charge >= 0.3 is 12.1 Å². The molecule has 0 saturated heterocycles. The fourth-order valence-corrected chi connectivity index (χ4v) is 4.51. The van der Waals surface area contributed by atoms with E-state index in [2.05, 4.69) is 15.6 Å². The third-order valence-corrected chi connectivity index (χ3v) is 6.75. The number of rotatable bonds is 11. The second kappa shape index (κ2) is 13.6. The average molecular weight is 588 g/mol. The van der Waals surface area contributed by atoms with Crippen molar-refractivity contribution in [2.75, 3.05) is 0 Å². The van der Waals surface area contributed by atoms with Gasteiger partial charge < -0.3 is 25.5 Å². The number of H-pyrrole nitrogens is 1. The molecular formula is C30H35ClFN3O6. The van der Waals surface area contributed by atoms with Crippen LogP contribution in [0.25, 0.3) is 10.9 Å². The molecule has 11 heteroatoms. The molecular weight excluding hydrogens is 553 g/mol. The number of hydrogen-bond acceptors (Lipinski definition) is 5. The summed E-state index contributed by atoms with van der Waals surface area (Å²) in [5, 5.41) is 15.3. The number of nitrogens with one attached hydrogen (secondary N) is 3. The number of benzene rings is 2. The van der Waals surface area contributed by atoms with Gasteiger partial charge in [-0.1, -0.05) is 37.1 Å². The molecule has 2 unspecified atom stereocenters. The highest BCUT2D eigenvalue weighted by Gasteiger charge is 2.28. The van der Waals surface area contributed by atoms with E-state index < -0.39 is 40.9 Å². The molecule has 4 N–H and O–H groups in total. The van der Waals surface area contributed by atoms with Crippen LogP contribution in [0.4, 0.5) is 9.18 Å². The third-order valence-electron chi connectivity index (χ3n) is 6.49. The van der Waals surface area contributed by atoms with Gasteiger partial charge in [-0.25, -0.2) is 14.0 Å². The molecule has 0 aliphatic carbocycles. The smallest absolute Gasteiger partial charge is 0.408 e. The maximum Gasteiger partial charge on any atom is 0.408 e. The van der Waals surface area contributed by atoms with E-state index in [4.69, 9.17) is 16.3 Å². The predicted octanol–water partition coefficient (Wildman–Crippen LogP) is 5.58. The van der Waals surface area contributed by atoms with E-state index in [1.165, 1.54) is 12.3 Å². The molecule has 0 aliphatic heterocycles. The molecule has 1 aromatic heterocycles. The maximum absolute atomic E-state index is 14.8. The number of carboxylic acids is 1. The summed E-state index contributed by atoms with van der Waals surface area (Å²) in [7, 11) is 0. The Balaban J connectivity index is 1.63. The number of carbonyl (C=O) groups excluding carboxylic acids is 2. The zero-order valence-corrected chi connectivity index (χ0v) is 24.2. The number of pyridine rings is 1. The van der Waals surface area contributed by atoms with Crippen molar-refractivity contribution in [2.45, 2.75) is 71.6 Å². The van der Waals surface area contributed by atoms with Crippen molar-refractivity contribution in [2.24, 2.45) is 5.92 Å². The summed E-state index contributed by atoms with van der Waals surface area (Å²) in [6.07, 6.45) is 2.52. The highest BCUT2D eigenvalue weighted by atomic mass is 35.5. The van der Waals surface area contributed by atoms with E-state index in [9.17, 15) is 28.7 Å². The van der Waals surface area contributed by atoms with Gasteiger partial charge in [0.2, 0.25) is 5.43 Å². The first-order valence-corrected chi connectivity index (χ1v) is 13.7. The number of fused-ring (bicyclic) bond motifs is 1. The summed E-state index contributed by atoms with van der Waals surface area (Å²) in [4.78, 5) is 52.3. The number of aliphatic carboxylic acids is 1. The van der Waals surface area contributed by atoms with Gasteiger partial charge in [-0.2, -0.15) is 0 Å². The zero-order valence-electron chi connectivity index (χ0n) is 23.5. The van der Waals surface area contributed by atoms with E-state index in [0.717, 1.165) is 5.56 Å². The summed E-state index contributed by atoms with van der Waals surface area (Å²) in [6, 6.07) is 8.70. The Bertz CT molecular complexity index is 1470. The van der Waals surface area contributed by atoms with E-state index in [0.29, 0.717) is 36.3 Å². The van der Waals surface area contributed by atoms with Gasteiger partial charge in [0.05, 0.1) is 5.52 Å². The number of aromatic nitrogens is 1. The number of aryl methyl sites for hydroxylation is 1. The summed E-state index contributed by atoms with van der Waals surface area (Å²) in [5.41, 5.74) is -0.0753. The molecule has 0 fully saturated rings. The summed E-state index contributed by atoms with van der Waals surface area (Å²) < 4.78 is 20.0. The van der Waals surface area contributed by atoms with Crippen LogP contribution in [-0.2, 0) is 22.5 Å². The fraction of sp³-hybridized carbons (Fsp3) is 0.400. The molecule has 0 radical (unpaired) electrons. The second-order valence-corrected chi connectivity index (χ2v) is 11.5. The molecule has 1 heterocycles. The number of alkyl carbamates (subject to hydrolysis) is 1. The van der Waals surface area contributed by atoms with E-state index in [1.807, 2.05) is 0 Å². The third kappa shape index (κ3) is 9.04. The lowest BCUT2D eigenvalue weighted by molar-refractivity contribution is -0.140. The van der Waals surface area contributed by atoms with Crippen molar-refractivity contribution in [3.63, 3.8) is 0 Å². The molecule has 0 aliphatic rings. The maximum atomic E-state index is 14.8. The Morgan fingerprint density at radius 2 is 1.78 bits per heavy atom. The number of unbranched alkanes of at least 4 members (excludes halogenated alkanes) is 1. The van der Waals surface area contributed by atoms with E-state index in [1.54, 1.807) is 58.0 Å². The van der Waals surface area contributed by atoms with Crippen molar-refractivity contribution in [3.05, 3.63) is 80.3 Å². The van der Waals surface area contributed by atoms with Gasteiger partial charge in [-0.05, 0) is 81.3 Å². The second-order valence-electron chi connectivity index (χ2n) is 11.0. The van der Waals surface area contributed by atoms with Gasteiger partial charge in [0, 0.05) is 23.2 Å². The zero-order chi connectivity index (χ0) is 30.3. The van der Waals surface area contributed by atoms with Crippen LogP contribution < -0.4 is 16.1 Å². The highest BCUT2D eigenvalue weighted by Crippen LogP contribution is 2.20. The standard InChI is InChI=1S/C30H35ClFN3O6/c1-17(24(28(38)39)35-29(40)41-30(2,3)4)7-5-6-8-19-13-21-25(23(32)14-19)33-16-22(26(21)36)27(37)34-15-18-9-11-20(31)12-10-18/h9-14,16-17,24H,5-8,15H2,1-4H3,(H,33,36)(H,34,37)(H,35,40)(H,38,39). The first-order valence-electron chi connectivity index (χ1n) is 13.3. The Kier molecular flexibility index (Phi) is 10.5. The van der Waals surface area contributed by atoms with Crippen LogP contribution in [0.5, 0.6) is 0 Å². The lowest BCUT2D eigenvalue weighted by Gasteiger charge is -2.25. The molecule has 41 heavy (non-hydrogen) atoms. The van der Waals surface area contributed by atoms with E-state index in [-0.39, 0.29) is 28.9 Å². The average Bonchev–Trinajstić information content (AvgIpc) is 2.88. The Morgan fingerprint density at radius 3 is 2.41 bits per heavy atom. The van der Waals surface area contributed by atoms with E-state index >= 15 is 0 Å². The van der Waals surface area contributed by atoms with Crippen LogP contribution in [0.2, 0.25) is 5.02 Å². The lowest BCUT2D eigenvalue weighted by Crippen LogP contribution is -2.47. The number of amides is 2. The molecule has 3 rings (SSSR count). The monoisotopic (exact) mass is 587 g/mol. The molecule has 9 nitrogen and oxygen atoms in total. The van der Waals surface area contributed by atoms with Crippen molar-refractivity contribution in [1.29, 1.82) is 0 Å². The SMILES string of the molecule is CC(CCCCc1cc(F)c2[nH]cc(C(=O)NCc3ccc(Cl)cc3)c(=O)c2c1)C(NC(=O)OC(C)(C)C)C(=O)O. The Hall–Kier alpha value is -3.92. The summed E-state index contributed by atoms with van der Waals surface area (Å²) in [6.45, 7) is 6.98. The predicted molar refractivity (Wildman–Crippen MR) is 155 cm³/mol. The van der Waals surface area contributed by atoms with Gasteiger partial charge in [0.25, 0.3) is 5.91 Å². The minimum atomic E-state index is -1.16. The number of halogens is 2. The van der Waals surface area contributed by atoms with Crippen molar-refractivity contribution >= 4 is 40.5 Å². The first-order chi connectivity index (χ1) is 19.2. The van der Waals surface area contributed by atoms with Gasteiger partial charge in [0.1, 0.15) is 23.0 Å². The largest absolute Gasteiger partial charge is 0.480 e. The van der Waals surface area contributed by atoms with Crippen molar-refractivity contribution < 1.29 is 28.6 Å².